The van der Waals surface area contributed by atoms with Gasteiger partial charge in [0.25, 0.3) is 0 Å². The first-order valence-corrected chi connectivity index (χ1v) is 17.8. The Balaban J connectivity index is 1.22. The van der Waals surface area contributed by atoms with Gasteiger partial charge in [0.15, 0.2) is 0 Å². The second-order valence-electron chi connectivity index (χ2n) is 12.8. The Morgan fingerprint density at radius 1 is 0.420 bits per heavy atom. The molecule has 1 saturated heterocycles. The van der Waals surface area contributed by atoms with E-state index < -0.39 is 0 Å². The van der Waals surface area contributed by atoms with Crippen molar-refractivity contribution in [2.45, 2.75) is 19.2 Å². The van der Waals surface area contributed by atoms with Gasteiger partial charge in [-0.05, 0) is 66.3 Å². The molecule has 7 rings (SSSR count). The van der Waals surface area contributed by atoms with Gasteiger partial charge in [0.1, 0.15) is 0 Å². The van der Waals surface area contributed by atoms with Crippen molar-refractivity contribution in [1.82, 2.24) is 4.90 Å². The third-order valence-corrected chi connectivity index (χ3v) is 9.36. The molecule has 6 aromatic carbocycles. The van der Waals surface area contributed by atoms with Gasteiger partial charge in [-0.25, -0.2) is 0 Å². The van der Waals surface area contributed by atoms with Crippen LogP contribution >= 0.6 is 0 Å². The van der Waals surface area contributed by atoms with Crippen molar-refractivity contribution in [3.8, 4) is 0 Å². The van der Waals surface area contributed by atoms with E-state index in [9.17, 15) is 0 Å². The lowest BCUT2D eigenvalue weighted by molar-refractivity contribution is -0.0693. The zero-order valence-electron chi connectivity index (χ0n) is 28.8. The number of ether oxygens (including phenoxy) is 6. The monoisotopic (exact) mass is 673 g/mol. The molecule has 0 bridgehead atoms. The largest absolute Gasteiger partial charge is 0.377 e. The van der Waals surface area contributed by atoms with Gasteiger partial charge in [-0.1, -0.05) is 97.1 Å². The minimum atomic E-state index is -0.181. The Kier molecular flexibility index (Phi) is 12.3. The summed E-state index contributed by atoms with van der Waals surface area (Å²) < 4.78 is 35.6. The Morgan fingerprint density at radius 2 is 0.760 bits per heavy atom. The van der Waals surface area contributed by atoms with Crippen LogP contribution in [0, 0.1) is 0 Å². The van der Waals surface area contributed by atoms with Crippen LogP contribution in [-0.4, -0.2) is 90.2 Å². The zero-order chi connectivity index (χ0) is 33.8. The Bertz CT molecular complexity index is 1730. The summed E-state index contributed by atoms with van der Waals surface area (Å²) in [7, 11) is 0. The van der Waals surface area contributed by atoms with Crippen LogP contribution in [-0.2, 0) is 41.5 Å². The third-order valence-electron chi connectivity index (χ3n) is 9.36. The van der Waals surface area contributed by atoms with Crippen LogP contribution in [0.2, 0.25) is 0 Å². The molecule has 50 heavy (non-hydrogen) atoms. The molecule has 1 unspecified atom stereocenters. The molecule has 1 atom stereocenters. The summed E-state index contributed by atoms with van der Waals surface area (Å²) in [6.45, 7) is 7.75. The highest BCUT2D eigenvalue weighted by Gasteiger charge is 2.21. The number of rotatable bonds is 6. The molecular weight excluding hydrogens is 626 g/mol. The molecular formula is C43H47NO6. The Morgan fingerprint density at radius 3 is 1.16 bits per heavy atom. The van der Waals surface area contributed by atoms with Crippen molar-refractivity contribution in [2.24, 2.45) is 0 Å². The summed E-state index contributed by atoms with van der Waals surface area (Å²) in [5.74, 6) is 0. The Hall–Kier alpha value is -3.92. The summed E-state index contributed by atoms with van der Waals surface area (Å²) in [4.78, 5) is 2.55. The predicted octanol–water partition coefficient (Wildman–Crippen LogP) is 7.78. The van der Waals surface area contributed by atoms with Crippen LogP contribution in [0.25, 0.3) is 43.1 Å². The van der Waals surface area contributed by atoms with Gasteiger partial charge in [0, 0.05) is 19.6 Å². The van der Waals surface area contributed by atoms with Crippen molar-refractivity contribution in [2.75, 3.05) is 79.2 Å². The van der Waals surface area contributed by atoms with Crippen molar-refractivity contribution < 1.29 is 28.4 Å². The number of hydrogen-bond acceptors (Lipinski definition) is 7. The summed E-state index contributed by atoms with van der Waals surface area (Å²) in [6, 6.07) is 39.6. The fourth-order valence-electron chi connectivity index (χ4n) is 7.00. The average molecular weight is 674 g/mol. The quantitative estimate of drug-likeness (QED) is 0.167. The van der Waals surface area contributed by atoms with Crippen LogP contribution in [0.1, 0.15) is 11.1 Å². The lowest BCUT2D eigenvalue weighted by Gasteiger charge is -2.30. The molecule has 7 heteroatoms. The SMILES string of the molecule is c1ccc2c(CN(Cc3c4ccccc4cc4ccccc34)CC3COCCOCCOCCOCCOCCO3)c3ccccc3cc2c1. The molecule has 1 aliphatic heterocycles. The van der Waals surface area contributed by atoms with Crippen molar-refractivity contribution in [3.05, 3.63) is 120 Å². The van der Waals surface area contributed by atoms with Gasteiger partial charge >= 0.3 is 0 Å². The van der Waals surface area contributed by atoms with Crippen molar-refractivity contribution in [3.63, 3.8) is 0 Å². The van der Waals surface area contributed by atoms with E-state index in [-0.39, 0.29) is 6.10 Å². The Labute approximate surface area is 294 Å². The van der Waals surface area contributed by atoms with Gasteiger partial charge in [-0.15, -0.1) is 0 Å². The van der Waals surface area contributed by atoms with Crippen LogP contribution in [0.3, 0.4) is 0 Å². The summed E-state index contributed by atoms with van der Waals surface area (Å²) in [6.07, 6.45) is -0.181. The van der Waals surface area contributed by atoms with Crippen LogP contribution in [0.15, 0.2) is 109 Å². The van der Waals surface area contributed by atoms with Crippen LogP contribution in [0.4, 0.5) is 0 Å². The van der Waals surface area contributed by atoms with E-state index in [1.165, 1.54) is 54.2 Å². The molecule has 6 aromatic rings. The fourth-order valence-corrected chi connectivity index (χ4v) is 7.00. The topological polar surface area (TPSA) is 58.6 Å². The highest BCUT2D eigenvalue weighted by molar-refractivity contribution is 6.03. The van der Waals surface area contributed by atoms with Gasteiger partial charge in [-0.2, -0.15) is 0 Å². The number of nitrogens with zero attached hydrogens (tertiary/aromatic N) is 1. The first-order chi connectivity index (χ1) is 24.8. The van der Waals surface area contributed by atoms with E-state index in [0.29, 0.717) is 79.2 Å². The lowest BCUT2D eigenvalue weighted by atomic mass is 9.94. The number of hydrogen-bond donors (Lipinski definition) is 0. The molecule has 260 valence electrons. The minimum Gasteiger partial charge on any atom is -0.377 e. The second-order valence-corrected chi connectivity index (χ2v) is 12.8. The minimum absolute atomic E-state index is 0.181. The highest BCUT2D eigenvalue weighted by Crippen LogP contribution is 2.33. The maximum Gasteiger partial charge on any atom is 0.0936 e. The van der Waals surface area contributed by atoms with Crippen molar-refractivity contribution in [1.29, 1.82) is 0 Å². The second kappa shape index (κ2) is 17.8. The first-order valence-electron chi connectivity index (χ1n) is 17.8. The molecule has 7 nitrogen and oxygen atoms in total. The molecule has 0 amide bonds. The van der Waals surface area contributed by atoms with E-state index in [1.807, 2.05) is 0 Å². The van der Waals surface area contributed by atoms with Gasteiger partial charge < -0.3 is 28.4 Å². The molecule has 0 aliphatic carbocycles. The maximum atomic E-state index is 6.55. The normalized spacial score (nSPS) is 18.1. The number of benzene rings is 6. The van der Waals surface area contributed by atoms with Crippen LogP contribution < -0.4 is 0 Å². The average Bonchev–Trinajstić information content (AvgIpc) is 3.15. The summed E-state index contributed by atoms with van der Waals surface area (Å²) >= 11 is 0. The molecule has 0 radical (unpaired) electrons. The number of fused-ring (bicyclic) bond motifs is 4. The van der Waals surface area contributed by atoms with Gasteiger partial charge in [0.2, 0.25) is 0 Å². The molecule has 0 aromatic heterocycles. The van der Waals surface area contributed by atoms with Crippen molar-refractivity contribution >= 4 is 43.1 Å². The van der Waals surface area contributed by atoms with E-state index >= 15 is 0 Å². The molecule has 0 N–H and O–H groups in total. The van der Waals surface area contributed by atoms with E-state index in [2.05, 4.69) is 114 Å². The van der Waals surface area contributed by atoms with E-state index in [4.69, 9.17) is 28.4 Å². The lowest BCUT2D eigenvalue weighted by Crippen LogP contribution is -2.37. The standard InChI is InChI=1S/C43H47NO6/c1-5-13-38-33(9-1)27-34-10-2-6-14-39(34)42(38)30-44(31-43-40-15-7-3-11-35(40)28-36-12-4-8-16-41(36)43)29-37-32-49-24-23-47-20-19-45-17-18-46-21-22-48-25-26-50-37/h1-16,27-28,37H,17-26,29-32H2. The maximum absolute atomic E-state index is 6.55. The fraction of sp³-hybridized carbons (Fsp3) is 0.349. The smallest absolute Gasteiger partial charge is 0.0936 e. The summed E-state index contributed by atoms with van der Waals surface area (Å²) in [5, 5.41) is 10.1. The molecule has 1 aliphatic rings. The first kappa shape index (κ1) is 34.5. The highest BCUT2D eigenvalue weighted by atomic mass is 16.6. The molecule has 1 fully saturated rings. The third kappa shape index (κ3) is 8.86. The predicted molar refractivity (Wildman–Crippen MR) is 201 cm³/mol. The molecule has 0 spiro atoms. The van der Waals surface area contributed by atoms with Crippen LogP contribution in [0.5, 0.6) is 0 Å². The zero-order valence-corrected chi connectivity index (χ0v) is 28.8. The van der Waals surface area contributed by atoms with Gasteiger partial charge in [0.05, 0.1) is 78.8 Å². The molecule has 1 heterocycles. The van der Waals surface area contributed by atoms with Gasteiger partial charge in [-0.3, -0.25) is 4.90 Å². The molecule has 0 saturated carbocycles. The van der Waals surface area contributed by atoms with E-state index in [0.717, 1.165) is 13.1 Å². The van der Waals surface area contributed by atoms with E-state index in [1.54, 1.807) is 0 Å². The summed E-state index contributed by atoms with van der Waals surface area (Å²) in [5.41, 5.74) is 2.65.